The van der Waals surface area contributed by atoms with Crippen molar-refractivity contribution < 1.29 is 23.9 Å². The van der Waals surface area contributed by atoms with Crippen molar-refractivity contribution in [2.75, 3.05) is 0 Å². The van der Waals surface area contributed by atoms with Gasteiger partial charge in [-0.1, -0.05) is 13.5 Å². The van der Waals surface area contributed by atoms with E-state index in [0.717, 1.165) is 6.42 Å². The van der Waals surface area contributed by atoms with Crippen molar-refractivity contribution >= 4 is 17.7 Å². The largest absolute Gasteiger partial charge is 0.461 e. The second kappa shape index (κ2) is 4.97. The first-order valence-electron chi connectivity index (χ1n) is 7.50. The third-order valence-corrected chi connectivity index (χ3v) is 5.23. The molecule has 3 fully saturated rings. The van der Waals surface area contributed by atoms with E-state index in [1.54, 1.807) is 0 Å². The fraction of sp³-hybridized carbons (Fsp3) is 0.688. The summed E-state index contributed by atoms with van der Waals surface area (Å²) in [7, 11) is 0. The monoisotopic (exact) mass is 292 g/mol. The summed E-state index contributed by atoms with van der Waals surface area (Å²) in [5.74, 6) is -0.999. The Hall–Kier alpha value is -1.65. The van der Waals surface area contributed by atoms with Gasteiger partial charge in [0, 0.05) is 18.9 Å². The summed E-state index contributed by atoms with van der Waals surface area (Å²) in [6, 6.07) is 0. The first kappa shape index (κ1) is 14.3. The van der Waals surface area contributed by atoms with Gasteiger partial charge in [0.15, 0.2) is 0 Å². The Balaban J connectivity index is 2.03. The van der Waals surface area contributed by atoms with Crippen LogP contribution in [0.25, 0.3) is 0 Å². The first-order valence-corrected chi connectivity index (χ1v) is 7.50. The molecule has 0 amide bonds. The molecule has 0 aromatic rings. The molecule has 1 aliphatic heterocycles. The van der Waals surface area contributed by atoms with Gasteiger partial charge in [0.1, 0.15) is 18.0 Å². The standard InChI is InChI=1S/C16H20O5/c1-7-6-12-13(8(2)16(19)21-12)15(20-9(3)17)14-10(7)4-5-11(14)18/h7,10,12-15H,2,4-6H2,1,3H3/t7-,10+,12+,13+,14+,15+/m1/s1. The third-order valence-electron chi connectivity index (χ3n) is 5.23. The fourth-order valence-electron chi connectivity index (χ4n) is 4.31. The van der Waals surface area contributed by atoms with Gasteiger partial charge in [-0.05, 0) is 24.7 Å². The highest BCUT2D eigenvalue weighted by Crippen LogP contribution is 2.49. The van der Waals surface area contributed by atoms with E-state index in [1.165, 1.54) is 6.92 Å². The summed E-state index contributed by atoms with van der Waals surface area (Å²) < 4.78 is 10.9. The smallest absolute Gasteiger partial charge is 0.334 e. The van der Waals surface area contributed by atoms with E-state index in [0.29, 0.717) is 18.4 Å². The van der Waals surface area contributed by atoms with E-state index in [-0.39, 0.29) is 35.6 Å². The highest BCUT2D eigenvalue weighted by molar-refractivity contribution is 5.92. The van der Waals surface area contributed by atoms with Crippen LogP contribution in [0.5, 0.6) is 0 Å². The summed E-state index contributed by atoms with van der Waals surface area (Å²) in [5, 5.41) is 0. The van der Waals surface area contributed by atoms with E-state index >= 15 is 0 Å². The molecule has 1 heterocycles. The highest BCUT2D eigenvalue weighted by Gasteiger charge is 2.56. The van der Waals surface area contributed by atoms with E-state index in [1.807, 2.05) is 0 Å². The van der Waals surface area contributed by atoms with Gasteiger partial charge in [0.2, 0.25) is 0 Å². The number of carbonyl (C=O) groups is 3. The maximum absolute atomic E-state index is 12.3. The molecule has 0 aromatic heterocycles. The van der Waals surface area contributed by atoms with Crippen molar-refractivity contribution in [1.29, 1.82) is 0 Å². The summed E-state index contributed by atoms with van der Waals surface area (Å²) >= 11 is 0. The number of ketones is 1. The molecule has 2 saturated carbocycles. The Morgan fingerprint density at radius 2 is 2.05 bits per heavy atom. The predicted octanol–water partition coefficient (Wildman–Crippen LogP) is 1.65. The van der Waals surface area contributed by atoms with Crippen LogP contribution in [0.2, 0.25) is 0 Å². The van der Waals surface area contributed by atoms with Crippen LogP contribution in [0, 0.1) is 23.7 Å². The van der Waals surface area contributed by atoms with E-state index in [9.17, 15) is 14.4 Å². The summed E-state index contributed by atoms with van der Waals surface area (Å²) in [6.45, 7) is 7.22. The number of Topliss-reactive ketones (excluding diaryl/α,β-unsaturated/α-hetero) is 1. The van der Waals surface area contributed by atoms with Crippen LogP contribution in [-0.4, -0.2) is 29.9 Å². The Bertz CT molecular complexity index is 523. The molecule has 6 atom stereocenters. The number of ether oxygens (including phenoxy) is 2. The van der Waals surface area contributed by atoms with Crippen molar-refractivity contribution in [3.05, 3.63) is 12.2 Å². The van der Waals surface area contributed by atoms with Crippen LogP contribution in [0.3, 0.4) is 0 Å². The minimum Gasteiger partial charge on any atom is -0.461 e. The van der Waals surface area contributed by atoms with Crippen molar-refractivity contribution in [2.45, 2.75) is 45.3 Å². The Morgan fingerprint density at radius 1 is 1.33 bits per heavy atom. The molecule has 3 aliphatic rings. The minimum absolute atomic E-state index is 0.130. The Labute approximate surface area is 123 Å². The molecule has 0 bridgehead atoms. The van der Waals surface area contributed by atoms with Crippen molar-refractivity contribution in [3.8, 4) is 0 Å². The predicted molar refractivity (Wildman–Crippen MR) is 73.1 cm³/mol. The van der Waals surface area contributed by atoms with E-state index < -0.39 is 18.0 Å². The molecule has 2 aliphatic carbocycles. The fourth-order valence-corrected chi connectivity index (χ4v) is 4.31. The Kier molecular flexibility index (Phi) is 3.38. The Morgan fingerprint density at radius 3 is 2.71 bits per heavy atom. The zero-order valence-electron chi connectivity index (χ0n) is 12.3. The zero-order valence-corrected chi connectivity index (χ0v) is 12.3. The molecule has 5 heteroatoms. The number of esters is 2. The second-order valence-electron chi connectivity index (χ2n) is 6.48. The van der Waals surface area contributed by atoms with Gasteiger partial charge in [-0.3, -0.25) is 9.59 Å². The summed E-state index contributed by atoms with van der Waals surface area (Å²) in [6.07, 6.45) is 1.10. The van der Waals surface area contributed by atoms with Gasteiger partial charge in [0.25, 0.3) is 0 Å². The number of hydrogen-bond acceptors (Lipinski definition) is 5. The summed E-state index contributed by atoms with van der Waals surface area (Å²) in [4.78, 5) is 35.6. The highest BCUT2D eigenvalue weighted by atomic mass is 16.6. The normalized spacial score (nSPS) is 42.1. The minimum atomic E-state index is -0.614. The van der Waals surface area contributed by atoms with Gasteiger partial charge < -0.3 is 9.47 Å². The van der Waals surface area contributed by atoms with Crippen molar-refractivity contribution in [2.24, 2.45) is 23.7 Å². The van der Waals surface area contributed by atoms with Crippen LogP contribution in [-0.2, 0) is 23.9 Å². The molecule has 3 rings (SSSR count). The van der Waals surface area contributed by atoms with E-state index in [2.05, 4.69) is 13.5 Å². The second-order valence-corrected chi connectivity index (χ2v) is 6.48. The zero-order chi connectivity index (χ0) is 15.3. The average molecular weight is 292 g/mol. The molecule has 0 unspecified atom stereocenters. The van der Waals surface area contributed by atoms with Gasteiger partial charge >= 0.3 is 11.9 Å². The lowest BCUT2D eigenvalue weighted by Gasteiger charge is -2.30. The molecule has 21 heavy (non-hydrogen) atoms. The van der Waals surface area contributed by atoms with Crippen molar-refractivity contribution in [3.63, 3.8) is 0 Å². The number of carbonyl (C=O) groups excluding carboxylic acids is 3. The quantitative estimate of drug-likeness (QED) is 0.543. The SMILES string of the molecule is C=C1C(=O)O[C@H]2C[C@@H](C)[C@@H]3CCC(=O)[C@H]3[C@@H](OC(C)=O)[C@@H]12. The molecule has 0 radical (unpaired) electrons. The lowest BCUT2D eigenvalue weighted by Crippen LogP contribution is -2.40. The van der Waals surface area contributed by atoms with Crippen molar-refractivity contribution in [1.82, 2.24) is 0 Å². The van der Waals surface area contributed by atoms with Gasteiger partial charge in [-0.25, -0.2) is 4.79 Å². The maximum atomic E-state index is 12.3. The van der Waals surface area contributed by atoms with Gasteiger partial charge in [-0.2, -0.15) is 0 Å². The van der Waals surface area contributed by atoms with Crippen LogP contribution in [0.4, 0.5) is 0 Å². The molecule has 5 nitrogen and oxygen atoms in total. The molecule has 0 spiro atoms. The summed E-state index contributed by atoms with van der Waals surface area (Å²) in [5.41, 5.74) is 0.332. The maximum Gasteiger partial charge on any atom is 0.334 e. The molecular formula is C16H20O5. The van der Waals surface area contributed by atoms with E-state index in [4.69, 9.17) is 9.47 Å². The topological polar surface area (TPSA) is 69.7 Å². The van der Waals surface area contributed by atoms with Gasteiger partial charge in [-0.15, -0.1) is 0 Å². The first-order chi connectivity index (χ1) is 9.90. The molecular weight excluding hydrogens is 272 g/mol. The van der Waals surface area contributed by atoms with Crippen LogP contribution >= 0.6 is 0 Å². The van der Waals surface area contributed by atoms with Crippen LogP contribution in [0.15, 0.2) is 12.2 Å². The molecule has 1 saturated heterocycles. The van der Waals surface area contributed by atoms with Crippen LogP contribution in [0.1, 0.15) is 33.1 Å². The number of hydrogen-bond donors (Lipinski definition) is 0. The van der Waals surface area contributed by atoms with Gasteiger partial charge in [0.05, 0.1) is 11.8 Å². The van der Waals surface area contributed by atoms with Crippen LogP contribution < -0.4 is 0 Å². The molecule has 114 valence electrons. The third kappa shape index (κ3) is 2.19. The molecule has 0 aromatic carbocycles. The lowest BCUT2D eigenvalue weighted by atomic mass is 9.80. The molecule has 0 N–H and O–H groups in total. The number of rotatable bonds is 1. The average Bonchev–Trinajstić information content (AvgIpc) is 2.86. The lowest BCUT2D eigenvalue weighted by molar-refractivity contribution is -0.155. The number of fused-ring (bicyclic) bond motifs is 2.